The zero-order chi connectivity index (χ0) is 11.9. The van der Waals surface area contributed by atoms with Crippen LogP contribution in [0.25, 0.3) is 0 Å². The van der Waals surface area contributed by atoms with Gasteiger partial charge >= 0.3 is 5.97 Å². The molecule has 2 fully saturated rings. The number of rotatable bonds is 2. The Balaban J connectivity index is 1.61. The van der Waals surface area contributed by atoms with Crippen LogP contribution in [0.4, 0.5) is 0 Å². The van der Waals surface area contributed by atoms with Crippen molar-refractivity contribution in [3.05, 3.63) is 12.2 Å². The molecule has 3 aliphatic rings. The minimum Gasteiger partial charge on any atom is -0.459 e. The van der Waals surface area contributed by atoms with Crippen molar-refractivity contribution >= 4 is 5.97 Å². The molecular weight excluding hydrogens is 212 g/mol. The summed E-state index contributed by atoms with van der Waals surface area (Å²) in [5, 5.41) is 0. The fourth-order valence-corrected chi connectivity index (χ4v) is 3.77. The van der Waals surface area contributed by atoms with Gasteiger partial charge < -0.3 is 4.74 Å². The molecule has 3 aliphatic carbocycles. The highest BCUT2D eigenvalue weighted by molar-refractivity contribution is 5.74. The lowest BCUT2D eigenvalue weighted by Gasteiger charge is -2.34. The van der Waals surface area contributed by atoms with Gasteiger partial charge in [-0.05, 0) is 57.3 Å². The Bertz CT molecular complexity index is 339. The summed E-state index contributed by atoms with van der Waals surface area (Å²) >= 11 is 0. The third kappa shape index (κ3) is 2.14. The van der Waals surface area contributed by atoms with Crippen LogP contribution in [0.5, 0.6) is 0 Å². The van der Waals surface area contributed by atoms with Crippen molar-refractivity contribution in [1.82, 2.24) is 0 Å². The number of ether oxygens (including phenoxy) is 1. The molecule has 0 unspecified atom stereocenters. The Morgan fingerprint density at radius 3 is 2.53 bits per heavy atom. The van der Waals surface area contributed by atoms with Gasteiger partial charge in [0.1, 0.15) is 5.60 Å². The molecular formula is C15H22O2. The molecule has 0 heterocycles. The number of carbonyl (C=O) groups excluding carboxylic acids is 1. The van der Waals surface area contributed by atoms with Crippen molar-refractivity contribution < 1.29 is 9.53 Å². The topological polar surface area (TPSA) is 26.3 Å². The van der Waals surface area contributed by atoms with Crippen molar-refractivity contribution in [1.29, 1.82) is 0 Å². The summed E-state index contributed by atoms with van der Waals surface area (Å²) in [4.78, 5) is 12.3. The second-order valence-corrected chi connectivity index (χ2v) is 6.32. The van der Waals surface area contributed by atoms with E-state index in [-0.39, 0.29) is 17.5 Å². The molecule has 3 atom stereocenters. The van der Waals surface area contributed by atoms with Crippen molar-refractivity contribution in [2.45, 2.75) is 57.5 Å². The third-order valence-corrected chi connectivity index (χ3v) is 4.84. The van der Waals surface area contributed by atoms with Gasteiger partial charge in [0.15, 0.2) is 0 Å². The van der Waals surface area contributed by atoms with E-state index in [0.717, 1.165) is 19.3 Å². The van der Waals surface area contributed by atoms with Crippen molar-refractivity contribution in [2.24, 2.45) is 17.8 Å². The molecule has 0 radical (unpaired) electrons. The van der Waals surface area contributed by atoms with Crippen LogP contribution in [-0.4, -0.2) is 11.6 Å². The molecule has 0 amide bonds. The highest BCUT2D eigenvalue weighted by atomic mass is 16.6. The van der Waals surface area contributed by atoms with Crippen LogP contribution >= 0.6 is 0 Å². The first-order valence-corrected chi connectivity index (χ1v) is 7.07. The van der Waals surface area contributed by atoms with Crippen molar-refractivity contribution in [3.8, 4) is 0 Å². The average Bonchev–Trinajstić information content (AvgIpc) is 2.91. The molecule has 0 aliphatic heterocycles. The second-order valence-electron chi connectivity index (χ2n) is 6.32. The smallest absolute Gasteiger partial charge is 0.310 e. The van der Waals surface area contributed by atoms with E-state index in [9.17, 15) is 4.79 Å². The highest BCUT2D eigenvalue weighted by Crippen LogP contribution is 2.45. The van der Waals surface area contributed by atoms with Crippen LogP contribution in [-0.2, 0) is 9.53 Å². The lowest BCUT2D eigenvalue weighted by atomic mass is 9.86. The summed E-state index contributed by atoms with van der Waals surface area (Å²) in [5.41, 5.74) is -0.166. The molecule has 2 bridgehead atoms. The Kier molecular flexibility index (Phi) is 2.76. The van der Waals surface area contributed by atoms with E-state index in [1.54, 1.807) is 0 Å². The Morgan fingerprint density at radius 2 is 1.94 bits per heavy atom. The quantitative estimate of drug-likeness (QED) is 0.540. The van der Waals surface area contributed by atoms with Gasteiger partial charge in [-0.25, -0.2) is 0 Å². The summed E-state index contributed by atoms with van der Waals surface area (Å²) in [5.74, 6) is 1.35. The molecule has 94 valence electrons. The molecule has 17 heavy (non-hydrogen) atoms. The van der Waals surface area contributed by atoms with Crippen LogP contribution in [0.1, 0.15) is 51.9 Å². The maximum absolute atomic E-state index is 12.3. The van der Waals surface area contributed by atoms with Gasteiger partial charge in [0.2, 0.25) is 0 Å². The number of esters is 1. The molecule has 0 N–H and O–H groups in total. The van der Waals surface area contributed by atoms with Gasteiger partial charge in [0, 0.05) is 0 Å². The number of hydrogen-bond donors (Lipinski definition) is 0. The van der Waals surface area contributed by atoms with E-state index in [4.69, 9.17) is 4.74 Å². The minimum absolute atomic E-state index is 0.0752. The summed E-state index contributed by atoms with van der Waals surface area (Å²) in [6.07, 6.45) is 12.5. The molecule has 0 aromatic carbocycles. The van der Waals surface area contributed by atoms with Crippen LogP contribution in [0.3, 0.4) is 0 Å². The molecule has 3 rings (SSSR count). The minimum atomic E-state index is -0.166. The highest BCUT2D eigenvalue weighted by Gasteiger charge is 2.43. The molecule has 2 heteroatoms. The van der Waals surface area contributed by atoms with Gasteiger partial charge in [-0.2, -0.15) is 0 Å². The average molecular weight is 234 g/mol. The van der Waals surface area contributed by atoms with Gasteiger partial charge in [0.05, 0.1) is 5.92 Å². The van der Waals surface area contributed by atoms with Gasteiger partial charge in [-0.1, -0.05) is 18.6 Å². The Labute approximate surface area is 103 Å². The fraction of sp³-hybridized carbons (Fsp3) is 0.800. The van der Waals surface area contributed by atoms with Gasteiger partial charge in [0.25, 0.3) is 0 Å². The maximum atomic E-state index is 12.3. The normalized spacial score (nSPS) is 38.3. The van der Waals surface area contributed by atoms with E-state index in [2.05, 4.69) is 19.1 Å². The van der Waals surface area contributed by atoms with E-state index in [1.165, 1.54) is 25.7 Å². The SMILES string of the molecule is CC1(OC(=O)[C@@H]2C[C@H]3C=C[C@@H]2C3)CCCCC1. The number of carbonyl (C=O) groups is 1. The third-order valence-electron chi connectivity index (χ3n) is 4.84. The van der Waals surface area contributed by atoms with Crippen LogP contribution in [0.15, 0.2) is 12.2 Å². The summed E-state index contributed by atoms with van der Waals surface area (Å²) < 4.78 is 5.84. The summed E-state index contributed by atoms with van der Waals surface area (Å²) in [6, 6.07) is 0. The molecule has 0 aromatic rings. The van der Waals surface area contributed by atoms with Crippen LogP contribution < -0.4 is 0 Å². The lowest BCUT2D eigenvalue weighted by molar-refractivity contribution is -0.167. The van der Waals surface area contributed by atoms with Gasteiger partial charge in [-0.15, -0.1) is 0 Å². The molecule has 0 saturated heterocycles. The standard InChI is InChI=1S/C15H22O2/c1-15(7-3-2-4-8-15)17-14(16)13-10-11-5-6-12(13)9-11/h5-6,11-13H,2-4,7-10H2,1H3/t11-,12+,13+/m0/s1. The Morgan fingerprint density at radius 1 is 1.18 bits per heavy atom. The van der Waals surface area contributed by atoms with E-state index < -0.39 is 0 Å². The first kappa shape index (κ1) is 11.3. The summed E-state index contributed by atoms with van der Waals surface area (Å²) in [6.45, 7) is 2.12. The predicted molar refractivity (Wildman–Crippen MR) is 66.4 cm³/mol. The molecule has 0 spiro atoms. The maximum Gasteiger partial charge on any atom is 0.310 e. The monoisotopic (exact) mass is 234 g/mol. The number of hydrogen-bond acceptors (Lipinski definition) is 2. The van der Waals surface area contributed by atoms with Crippen LogP contribution in [0.2, 0.25) is 0 Å². The van der Waals surface area contributed by atoms with E-state index in [0.29, 0.717) is 11.8 Å². The van der Waals surface area contributed by atoms with E-state index >= 15 is 0 Å². The van der Waals surface area contributed by atoms with Gasteiger partial charge in [-0.3, -0.25) is 4.79 Å². The zero-order valence-electron chi connectivity index (χ0n) is 10.7. The lowest BCUT2D eigenvalue weighted by Crippen LogP contribution is -2.37. The Hall–Kier alpha value is -0.790. The predicted octanol–water partition coefficient (Wildman–Crippen LogP) is 3.46. The zero-order valence-corrected chi connectivity index (χ0v) is 10.7. The summed E-state index contributed by atoms with van der Waals surface area (Å²) in [7, 11) is 0. The largest absolute Gasteiger partial charge is 0.459 e. The van der Waals surface area contributed by atoms with Crippen LogP contribution in [0, 0.1) is 17.8 Å². The number of fused-ring (bicyclic) bond motifs is 2. The molecule has 2 nitrogen and oxygen atoms in total. The first-order chi connectivity index (χ1) is 8.16. The van der Waals surface area contributed by atoms with Crippen molar-refractivity contribution in [2.75, 3.05) is 0 Å². The fourth-order valence-electron chi connectivity index (χ4n) is 3.77. The second kappa shape index (κ2) is 4.15. The molecule has 2 saturated carbocycles. The van der Waals surface area contributed by atoms with E-state index in [1.807, 2.05) is 0 Å². The van der Waals surface area contributed by atoms with Crippen molar-refractivity contribution in [3.63, 3.8) is 0 Å². The molecule has 0 aromatic heterocycles. The first-order valence-electron chi connectivity index (χ1n) is 7.07. The number of allylic oxidation sites excluding steroid dienone is 2.